The van der Waals surface area contributed by atoms with Gasteiger partial charge in [-0.05, 0) is 131 Å². The number of amides is 6. The number of fused-ring (bicyclic) bond motifs is 4. The highest BCUT2D eigenvalue weighted by atomic mass is 16.5. The van der Waals surface area contributed by atoms with Crippen molar-refractivity contribution < 1.29 is 67.2 Å². The summed E-state index contributed by atoms with van der Waals surface area (Å²) < 4.78 is 22.8. The topological polar surface area (TPSA) is 251 Å². The summed E-state index contributed by atoms with van der Waals surface area (Å²) in [6, 6.07) is 16.6. The molecule has 3 aliphatic heterocycles. The van der Waals surface area contributed by atoms with Gasteiger partial charge in [0.2, 0.25) is 35.3 Å². The molecular weight excluding hydrogens is 1110 g/mol. The largest absolute Gasteiger partial charge is 0.493 e. The van der Waals surface area contributed by atoms with E-state index in [1.165, 1.54) is 64.7 Å². The number of aliphatic hydroxyl groups excluding tert-OH is 1. The van der Waals surface area contributed by atoms with Gasteiger partial charge in [0, 0.05) is 65.4 Å². The van der Waals surface area contributed by atoms with Gasteiger partial charge in [-0.2, -0.15) is 0 Å². The first-order chi connectivity index (χ1) is 41.3. The molecule has 6 rings (SSSR count). The van der Waals surface area contributed by atoms with Crippen LogP contribution in [0.3, 0.4) is 0 Å². The molecule has 21 nitrogen and oxygen atoms in total. The Morgan fingerprint density at radius 3 is 2.11 bits per heavy atom. The smallest absolute Gasteiger partial charge is 0.330 e. The number of hydrogen-bond acceptors (Lipinski definition) is 15. The molecule has 0 spiro atoms. The molecule has 0 aliphatic carbocycles. The average molecular weight is 1210 g/mol. The summed E-state index contributed by atoms with van der Waals surface area (Å²) in [4.78, 5) is 135. The van der Waals surface area contributed by atoms with Crippen LogP contribution >= 0.6 is 0 Å². The molecule has 3 aromatic rings. The van der Waals surface area contributed by atoms with Gasteiger partial charge in [-0.1, -0.05) is 82.3 Å². The third kappa shape index (κ3) is 18.4. The number of anilines is 1. The van der Waals surface area contributed by atoms with Crippen molar-refractivity contribution in [2.45, 2.75) is 161 Å². The van der Waals surface area contributed by atoms with Crippen molar-refractivity contribution in [3.8, 4) is 11.5 Å². The summed E-state index contributed by atoms with van der Waals surface area (Å²) in [7, 11) is 7.77. The second-order valence-electron chi connectivity index (χ2n) is 24.5. The lowest BCUT2D eigenvalue weighted by molar-refractivity contribution is -0.165. The third-order valence-corrected chi connectivity index (χ3v) is 16.6. The Labute approximate surface area is 512 Å². The van der Waals surface area contributed by atoms with Crippen molar-refractivity contribution in [3.63, 3.8) is 0 Å². The predicted molar refractivity (Wildman–Crippen MR) is 327 cm³/mol. The van der Waals surface area contributed by atoms with Crippen LogP contribution in [-0.4, -0.2) is 181 Å². The average Bonchev–Trinajstić information content (AvgIpc) is 2.19. The molecule has 474 valence electrons. The summed E-state index contributed by atoms with van der Waals surface area (Å²) in [5, 5.41) is 18.2. The van der Waals surface area contributed by atoms with Crippen LogP contribution in [-0.2, 0) is 65.5 Å². The van der Waals surface area contributed by atoms with E-state index in [1.54, 1.807) is 51.5 Å². The van der Waals surface area contributed by atoms with E-state index in [1.807, 2.05) is 70.2 Å². The Morgan fingerprint density at radius 1 is 0.724 bits per heavy atom. The molecule has 2 saturated heterocycles. The molecule has 3 aliphatic rings. The minimum absolute atomic E-state index is 0.0283. The minimum Gasteiger partial charge on any atom is -0.493 e. The molecular formula is C66H91N7O14. The number of nitrogens with one attached hydrogen (secondary N) is 2. The van der Waals surface area contributed by atoms with E-state index < -0.39 is 108 Å². The minimum atomic E-state index is -1.49. The van der Waals surface area contributed by atoms with E-state index in [2.05, 4.69) is 10.6 Å². The molecule has 0 radical (unpaired) electrons. The molecule has 3 aromatic carbocycles. The van der Waals surface area contributed by atoms with Crippen molar-refractivity contribution in [3.05, 3.63) is 102 Å². The molecule has 0 saturated carbocycles. The van der Waals surface area contributed by atoms with Gasteiger partial charge in [0.05, 0.1) is 31.7 Å². The van der Waals surface area contributed by atoms with Crippen molar-refractivity contribution in [2.24, 2.45) is 17.3 Å². The number of nitrogens with zero attached hydrogens (tertiary/aromatic N) is 5. The molecule has 21 heteroatoms. The molecule has 3 N–H and O–H groups in total. The Bertz CT molecular complexity index is 2930. The van der Waals surface area contributed by atoms with E-state index in [0.29, 0.717) is 61.3 Å². The van der Waals surface area contributed by atoms with E-state index in [9.17, 15) is 48.3 Å². The molecule has 87 heavy (non-hydrogen) atoms. The summed E-state index contributed by atoms with van der Waals surface area (Å²) in [6.07, 6.45) is 3.44. The lowest BCUT2D eigenvalue weighted by Gasteiger charge is -2.39. The maximum Gasteiger partial charge on any atom is 0.330 e. The number of benzene rings is 3. The first kappa shape index (κ1) is 68.5. The van der Waals surface area contributed by atoms with Crippen LogP contribution in [0.15, 0.2) is 84.9 Å². The first-order valence-electron chi connectivity index (χ1n) is 30.4. The van der Waals surface area contributed by atoms with Crippen LogP contribution in [0.5, 0.6) is 11.5 Å². The number of ether oxygens (including phenoxy) is 4. The number of esters is 2. The van der Waals surface area contributed by atoms with Crippen LogP contribution in [0.1, 0.15) is 129 Å². The Hall–Kier alpha value is -7.65. The lowest BCUT2D eigenvalue weighted by Crippen LogP contribution is -2.61. The van der Waals surface area contributed by atoms with Gasteiger partial charge < -0.3 is 53.9 Å². The fourth-order valence-electron chi connectivity index (χ4n) is 11.6. The number of carbonyl (C=O) groups is 9. The van der Waals surface area contributed by atoms with Gasteiger partial charge in [0.25, 0.3) is 5.91 Å². The van der Waals surface area contributed by atoms with Crippen LogP contribution in [0.4, 0.5) is 5.69 Å². The highest BCUT2D eigenvalue weighted by Crippen LogP contribution is 2.33. The van der Waals surface area contributed by atoms with E-state index in [4.69, 9.17) is 18.9 Å². The Balaban J connectivity index is 1.31. The number of carbonyl (C=O) groups excluding carboxylic acids is 9. The van der Waals surface area contributed by atoms with Gasteiger partial charge in [0.15, 0.2) is 11.5 Å². The van der Waals surface area contributed by atoms with Crippen molar-refractivity contribution in [1.29, 1.82) is 0 Å². The predicted octanol–water partition coefficient (Wildman–Crippen LogP) is 6.44. The van der Waals surface area contributed by atoms with Crippen LogP contribution < -0.4 is 20.1 Å². The fraction of sp³-hybridized carbons (Fsp3) is 0.561. The second kappa shape index (κ2) is 31.8. The van der Waals surface area contributed by atoms with Crippen LogP contribution in [0, 0.1) is 17.3 Å². The quantitative estimate of drug-likeness (QED) is 0.146. The van der Waals surface area contributed by atoms with Crippen molar-refractivity contribution in [1.82, 2.24) is 29.8 Å². The second-order valence-corrected chi connectivity index (χ2v) is 24.5. The molecule has 2 fully saturated rings. The normalized spacial score (nSPS) is 24.8. The number of hydrogen-bond donors (Lipinski definition) is 3. The Kier molecular flexibility index (Phi) is 25.1. The van der Waals surface area contributed by atoms with E-state index in [-0.39, 0.29) is 70.0 Å². The number of Topliss-reactive ketones (excluding diaryl/α,β-unsaturated/α-hetero) is 1. The van der Waals surface area contributed by atoms with Gasteiger partial charge in [-0.25, -0.2) is 9.59 Å². The zero-order valence-corrected chi connectivity index (χ0v) is 52.6. The summed E-state index contributed by atoms with van der Waals surface area (Å²) in [6.45, 7) is 10.6. The maximum absolute atomic E-state index is 15.0. The van der Waals surface area contributed by atoms with Gasteiger partial charge >= 0.3 is 11.9 Å². The van der Waals surface area contributed by atoms with E-state index in [0.717, 1.165) is 11.1 Å². The molecule has 0 aromatic heterocycles. The summed E-state index contributed by atoms with van der Waals surface area (Å²) in [5.41, 5.74) is 0.989. The van der Waals surface area contributed by atoms with Crippen molar-refractivity contribution >= 4 is 58.9 Å². The summed E-state index contributed by atoms with van der Waals surface area (Å²) in [5.74, 6) is -4.82. The highest BCUT2D eigenvalue weighted by molar-refractivity contribution is 6.38. The monoisotopic (exact) mass is 1210 g/mol. The molecule has 7 atom stereocenters. The maximum atomic E-state index is 15.0. The third-order valence-electron chi connectivity index (χ3n) is 16.6. The fourth-order valence-corrected chi connectivity index (χ4v) is 11.6. The zero-order chi connectivity index (χ0) is 63.7. The van der Waals surface area contributed by atoms with Crippen LogP contribution in [0.25, 0.3) is 0 Å². The number of rotatable bonds is 10. The van der Waals surface area contributed by atoms with Crippen molar-refractivity contribution in [2.75, 3.05) is 66.9 Å². The number of likely N-dealkylation sites (N-methyl/N-ethyl adjacent to an activating group) is 3. The van der Waals surface area contributed by atoms with E-state index >= 15 is 0 Å². The molecule has 3 heterocycles. The molecule has 2 bridgehead atoms. The van der Waals surface area contributed by atoms with Gasteiger partial charge in [-0.3, -0.25) is 38.9 Å². The molecule has 1 unspecified atom stereocenters. The lowest BCUT2D eigenvalue weighted by atomic mass is 9.87. The first-order valence-corrected chi connectivity index (χ1v) is 30.4. The Morgan fingerprint density at radius 2 is 1.43 bits per heavy atom. The number of methoxy groups -OCH3 is 2. The highest BCUT2D eigenvalue weighted by Gasteiger charge is 2.45. The number of aryl methyl sites for hydroxylation is 1. The number of ketones is 1. The number of aliphatic hydroxyl groups is 1. The van der Waals surface area contributed by atoms with Crippen LogP contribution in [0.2, 0.25) is 0 Å². The number of piperidine rings is 1. The standard InChI is InChI=1S/C66H91N7O14/c1-42(2)37-51-60(78)68-48(38-44-21-13-12-14-22-44)61(79)71(9)58(43(3)4)63(81)72-36-20-26-49(72)62(80)69(7)34-17-16-27-57(76)86-41-66(5,6)59(77)64(82)73-35-18-15-25-50(73)65(83)87-52(30-28-45-29-31-53(84-10)54(39-45)85-11)46-23-19-24-47(40-46)67-55(74)32-33-56(75)70(51)8/h12-14,16,19,21-24,27,29,31,39-40,42-43,48-52,58,60,68,78H,15,17-18,20,25-26,28,30,32-38,41H2,1-11H3,(H,67,74)/b27-16-/t48-,49+,50+,51+,52-,58+,60?/m1/s1. The number of cyclic esters (lactones) is 2. The zero-order valence-electron chi connectivity index (χ0n) is 52.6. The summed E-state index contributed by atoms with van der Waals surface area (Å²) >= 11 is 0. The SMILES string of the molecule is COc1ccc(CC[C@H]2OC(=O)[C@@H]3CCCCN3C(=O)C(=O)C(C)(C)COC(=O)/C=C\CCN(C)C(=O)[C@@H]3CCCN3C(=O)[C@H](C(C)C)N(C)C(=O)[C@@H](Cc3ccccc3)NC(O)[C@H](CC(C)C)N(C)C(=O)CCC(=O)Nc3cccc2c3)cc1OC. The van der Waals surface area contributed by atoms with Gasteiger partial charge in [0.1, 0.15) is 37.1 Å². The van der Waals surface area contributed by atoms with Gasteiger partial charge in [-0.15, -0.1) is 0 Å². The molecule has 6 amide bonds.